The molecule has 1 fully saturated rings. The van der Waals surface area contributed by atoms with Crippen LogP contribution in [0.3, 0.4) is 0 Å². The summed E-state index contributed by atoms with van der Waals surface area (Å²) in [4.78, 5) is 14.5. The fourth-order valence-electron chi connectivity index (χ4n) is 2.79. The zero-order valence-corrected chi connectivity index (χ0v) is 12.2. The van der Waals surface area contributed by atoms with E-state index in [0.717, 1.165) is 37.1 Å². The molecule has 110 valence electrons. The Balaban J connectivity index is 1.92. The van der Waals surface area contributed by atoms with E-state index in [0.29, 0.717) is 11.3 Å². The molecule has 1 aliphatic heterocycles. The van der Waals surface area contributed by atoms with E-state index in [1.165, 1.54) is 6.42 Å². The summed E-state index contributed by atoms with van der Waals surface area (Å²) in [5.74, 6) is 0.0761. The first-order valence-corrected chi connectivity index (χ1v) is 7.32. The molecule has 0 saturated carbocycles. The van der Waals surface area contributed by atoms with Crippen LogP contribution >= 0.6 is 0 Å². The Morgan fingerprint density at radius 2 is 1.90 bits per heavy atom. The van der Waals surface area contributed by atoms with Crippen LogP contribution in [0.1, 0.15) is 29.6 Å². The Hall–Kier alpha value is -2.30. The van der Waals surface area contributed by atoms with Gasteiger partial charge in [-0.2, -0.15) is 5.10 Å². The molecule has 5 heteroatoms. The molecular weight excluding hydrogens is 264 g/mol. The van der Waals surface area contributed by atoms with Crippen LogP contribution in [-0.2, 0) is 7.05 Å². The van der Waals surface area contributed by atoms with E-state index >= 15 is 0 Å². The van der Waals surface area contributed by atoms with Gasteiger partial charge in [-0.1, -0.05) is 0 Å². The SMILES string of the molecule is Cn1cc(-c2cc(N)cc(C(=O)N3CCCCC3)c2)cn1. The quantitative estimate of drug-likeness (QED) is 0.861. The number of aryl methyl sites for hydroxylation is 1. The lowest BCUT2D eigenvalue weighted by molar-refractivity contribution is 0.0724. The smallest absolute Gasteiger partial charge is 0.253 e. The van der Waals surface area contributed by atoms with Crippen molar-refractivity contribution in [2.24, 2.45) is 7.05 Å². The molecule has 0 spiro atoms. The normalized spacial score (nSPS) is 15.2. The molecule has 21 heavy (non-hydrogen) atoms. The molecule has 5 nitrogen and oxygen atoms in total. The van der Waals surface area contributed by atoms with Crippen LogP contribution in [0.2, 0.25) is 0 Å². The van der Waals surface area contributed by atoms with Crippen LogP contribution in [0, 0.1) is 0 Å². The van der Waals surface area contributed by atoms with E-state index in [9.17, 15) is 4.79 Å². The van der Waals surface area contributed by atoms with Crippen LogP contribution in [0.25, 0.3) is 11.1 Å². The number of nitrogen functional groups attached to an aromatic ring is 1. The maximum Gasteiger partial charge on any atom is 0.253 e. The highest BCUT2D eigenvalue weighted by Gasteiger charge is 2.19. The van der Waals surface area contributed by atoms with Crippen molar-refractivity contribution in [3.8, 4) is 11.1 Å². The minimum Gasteiger partial charge on any atom is -0.399 e. The lowest BCUT2D eigenvalue weighted by Gasteiger charge is -2.27. The summed E-state index contributed by atoms with van der Waals surface area (Å²) in [6, 6.07) is 5.55. The third kappa shape index (κ3) is 2.91. The van der Waals surface area contributed by atoms with Crippen molar-refractivity contribution in [3.63, 3.8) is 0 Å². The maximum atomic E-state index is 12.6. The molecule has 2 heterocycles. The van der Waals surface area contributed by atoms with Crippen molar-refractivity contribution in [2.45, 2.75) is 19.3 Å². The van der Waals surface area contributed by atoms with Crippen molar-refractivity contribution in [3.05, 3.63) is 36.2 Å². The van der Waals surface area contributed by atoms with Crippen molar-refractivity contribution >= 4 is 11.6 Å². The summed E-state index contributed by atoms with van der Waals surface area (Å²) in [5, 5.41) is 4.17. The molecule has 1 aromatic heterocycles. The Morgan fingerprint density at radius 1 is 1.14 bits per heavy atom. The average molecular weight is 284 g/mol. The third-order valence-corrected chi connectivity index (χ3v) is 3.88. The number of aromatic nitrogens is 2. The minimum absolute atomic E-state index is 0.0761. The van der Waals surface area contributed by atoms with E-state index in [4.69, 9.17) is 5.73 Å². The Bertz CT molecular complexity index is 656. The second kappa shape index (κ2) is 5.60. The minimum atomic E-state index is 0.0761. The number of hydrogen-bond donors (Lipinski definition) is 1. The highest BCUT2D eigenvalue weighted by Crippen LogP contribution is 2.24. The van der Waals surface area contributed by atoms with E-state index < -0.39 is 0 Å². The van der Waals surface area contributed by atoms with E-state index in [1.807, 2.05) is 30.3 Å². The molecule has 1 aliphatic rings. The van der Waals surface area contributed by atoms with Gasteiger partial charge in [-0.3, -0.25) is 9.48 Å². The molecule has 1 amide bonds. The maximum absolute atomic E-state index is 12.6. The van der Waals surface area contributed by atoms with Gasteiger partial charge in [-0.05, 0) is 43.0 Å². The monoisotopic (exact) mass is 284 g/mol. The lowest BCUT2D eigenvalue weighted by Crippen LogP contribution is -2.35. The molecule has 0 bridgehead atoms. The Morgan fingerprint density at radius 3 is 2.57 bits per heavy atom. The average Bonchev–Trinajstić information content (AvgIpc) is 2.93. The van der Waals surface area contributed by atoms with Crippen LogP contribution in [0.4, 0.5) is 5.69 Å². The fraction of sp³-hybridized carbons (Fsp3) is 0.375. The predicted molar refractivity (Wildman–Crippen MR) is 82.8 cm³/mol. The van der Waals surface area contributed by atoms with Crippen LogP contribution in [-0.4, -0.2) is 33.7 Å². The Kier molecular flexibility index (Phi) is 3.64. The number of amides is 1. The molecule has 3 rings (SSSR count). The van der Waals surface area contributed by atoms with Crippen LogP contribution in [0.5, 0.6) is 0 Å². The Labute approximate surface area is 124 Å². The highest BCUT2D eigenvalue weighted by atomic mass is 16.2. The lowest BCUT2D eigenvalue weighted by atomic mass is 10.0. The summed E-state index contributed by atoms with van der Waals surface area (Å²) in [7, 11) is 1.87. The second-order valence-corrected chi connectivity index (χ2v) is 5.60. The topological polar surface area (TPSA) is 64.2 Å². The van der Waals surface area contributed by atoms with Crippen molar-refractivity contribution in [1.82, 2.24) is 14.7 Å². The molecule has 1 aromatic carbocycles. The van der Waals surface area contributed by atoms with Crippen molar-refractivity contribution < 1.29 is 4.79 Å². The number of carbonyl (C=O) groups is 1. The van der Waals surface area contributed by atoms with E-state index in [-0.39, 0.29) is 5.91 Å². The zero-order valence-electron chi connectivity index (χ0n) is 12.2. The number of likely N-dealkylation sites (tertiary alicyclic amines) is 1. The molecule has 1 saturated heterocycles. The predicted octanol–water partition coefficient (Wildman–Crippen LogP) is 2.30. The molecule has 0 unspecified atom stereocenters. The van der Waals surface area contributed by atoms with Gasteiger partial charge in [0, 0.05) is 43.1 Å². The third-order valence-electron chi connectivity index (χ3n) is 3.88. The summed E-state index contributed by atoms with van der Waals surface area (Å²) in [5.41, 5.74) is 9.15. The van der Waals surface area contributed by atoms with Crippen molar-refractivity contribution in [1.29, 1.82) is 0 Å². The summed E-state index contributed by atoms with van der Waals surface area (Å²) >= 11 is 0. The van der Waals surface area contributed by atoms with Crippen LogP contribution in [0.15, 0.2) is 30.6 Å². The standard InChI is InChI=1S/C16H20N4O/c1-19-11-14(10-18-19)12-7-13(9-15(17)8-12)16(21)20-5-3-2-4-6-20/h7-11H,2-6,17H2,1H3. The first kappa shape index (κ1) is 13.7. The van der Waals surface area contributed by atoms with Gasteiger partial charge in [-0.15, -0.1) is 0 Å². The fourth-order valence-corrected chi connectivity index (χ4v) is 2.79. The van der Waals surface area contributed by atoms with Gasteiger partial charge in [-0.25, -0.2) is 0 Å². The molecule has 0 atom stereocenters. The number of carbonyl (C=O) groups excluding carboxylic acids is 1. The van der Waals surface area contributed by atoms with Gasteiger partial charge in [0.25, 0.3) is 5.91 Å². The number of nitrogens with two attached hydrogens (primary N) is 1. The highest BCUT2D eigenvalue weighted by molar-refractivity contribution is 5.96. The van der Waals surface area contributed by atoms with Gasteiger partial charge in [0.2, 0.25) is 0 Å². The van der Waals surface area contributed by atoms with Gasteiger partial charge in [0.05, 0.1) is 6.20 Å². The molecule has 0 radical (unpaired) electrons. The number of hydrogen-bond acceptors (Lipinski definition) is 3. The number of piperidine rings is 1. The van der Waals surface area contributed by atoms with Crippen LogP contribution < -0.4 is 5.73 Å². The number of benzene rings is 1. The van der Waals surface area contributed by atoms with Gasteiger partial charge < -0.3 is 10.6 Å². The van der Waals surface area contributed by atoms with Gasteiger partial charge in [0.15, 0.2) is 0 Å². The molecule has 2 aromatic rings. The van der Waals surface area contributed by atoms with E-state index in [2.05, 4.69) is 5.10 Å². The number of nitrogens with zero attached hydrogens (tertiary/aromatic N) is 3. The summed E-state index contributed by atoms with van der Waals surface area (Å²) in [6.45, 7) is 1.69. The van der Waals surface area contributed by atoms with E-state index in [1.54, 1.807) is 16.9 Å². The number of anilines is 1. The largest absolute Gasteiger partial charge is 0.399 e. The van der Waals surface area contributed by atoms with Crippen molar-refractivity contribution in [2.75, 3.05) is 18.8 Å². The van der Waals surface area contributed by atoms with Gasteiger partial charge in [0.1, 0.15) is 0 Å². The van der Waals surface area contributed by atoms with Gasteiger partial charge >= 0.3 is 0 Å². The summed E-state index contributed by atoms with van der Waals surface area (Å²) in [6.07, 6.45) is 7.09. The number of rotatable bonds is 2. The zero-order chi connectivity index (χ0) is 14.8. The molecule has 0 aliphatic carbocycles. The molecular formula is C16H20N4O. The first-order valence-electron chi connectivity index (χ1n) is 7.32. The first-order chi connectivity index (χ1) is 10.1. The second-order valence-electron chi connectivity index (χ2n) is 5.60. The summed E-state index contributed by atoms with van der Waals surface area (Å²) < 4.78 is 1.74. The molecule has 2 N–H and O–H groups in total.